The van der Waals surface area contributed by atoms with Gasteiger partial charge in [-0.25, -0.2) is 0 Å². The van der Waals surface area contributed by atoms with E-state index in [0.717, 1.165) is 18.7 Å². The Bertz CT molecular complexity index is 741. The van der Waals surface area contributed by atoms with Gasteiger partial charge in [0.2, 0.25) is 17.7 Å². The summed E-state index contributed by atoms with van der Waals surface area (Å²) in [6.45, 7) is 5.50. The minimum absolute atomic E-state index is 0.0209. The van der Waals surface area contributed by atoms with Crippen LogP contribution in [0.2, 0.25) is 0 Å². The number of benzene rings is 1. The van der Waals surface area contributed by atoms with Gasteiger partial charge in [-0.2, -0.15) is 0 Å². The standard InChI is InChI=1S/C21H30N4O3/c1-14(2)19(22)20(27)23-13-18(26)24-10-7-16(8-11-24)21(28)25-12-9-15-5-3-4-6-17(15)25/h3-6,14,16,19H,7-13,22H2,1-2H3,(H,23,27)/t19-/m0/s1. The summed E-state index contributed by atoms with van der Waals surface area (Å²) in [5.41, 5.74) is 8.04. The van der Waals surface area contributed by atoms with Crippen molar-refractivity contribution in [2.45, 2.75) is 39.2 Å². The number of hydrogen-bond donors (Lipinski definition) is 2. The van der Waals surface area contributed by atoms with Crippen LogP contribution in [0.1, 0.15) is 32.3 Å². The molecule has 1 aromatic carbocycles. The molecule has 7 nitrogen and oxygen atoms in total. The Morgan fingerprint density at radius 2 is 1.82 bits per heavy atom. The molecule has 152 valence electrons. The second-order valence-electron chi connectivity index (χ2n) is 8.01. The molecule has 0 aromatic heterocycles. The smallest absolute Gasteiger partial charge is 0.241 e. The molecule has 0 bridgehead atoms. The van der Waals surface area contributed by atoms with Crippen LogP contribution in [0.5, 0.6) is 0 Å². The number of hydrogen-bond acceptors (Lipinski definition) is 4. The number of amides is 3. The number of rotatable bonds is 5. The summed E-state index contributed by atoms with van der Waals surface area (Å²) >= 11 is 0. The molecule has 0 aliphatic carbocycles. The van der Waals surface area contributed by atoms with Crippen LogP contribution in [0, 0.1) is 11.8 Å². The molecule has 0 spiro atoms. The number of nitrogens with two attached hydrogens (primary N) is 1. The Hall–Kier alpha value is -2.41. The van der Waals surface area contributed by atoms with E-state index in [9.17, 15) is 14.4 Å². The summed E-state index contributed by atoms with van der Waals surface area (Å²) in [5, 5.41) is 2.62. The largest absolute Gasteiger partial charge is 0.346 e. The lowest BCUT2D eigenvalue weighted by atomic mass is 9.95. The summed E-state index contributed by atoms with van der Waals surface area (Å²) in [7, 11) is 0. The molecule has 28 heavy (non-hydrogen) atoms. The van der Waals surface area contributed by atoms with Gasteiger partial charge in [-0.1, -0.05) is 32.0 Å². The van der Waals surface area contributed by atoms with E-state index in [1.54, 1.807) is 4.90 Å². The van der Waals surface area contributed by atoms with E-state index in [0.29, 0.717) is 25.9 Å². The van der Waals surface area contributed by atoms with E-state index in [1.807, 2.05) is 36.9 Å². The van der Waals surface area contributed by atoms with Gasteiger partial charge in [-0.3, -0.25) is 14.4 Å². The van der Waals surface area contributed by atoms with Crippen LogP contribution in [0.25, 0.3) is 0 Å². The fraction of sp³-hybridized carbons (Fsp3) is 0.571. The van der Waals surface area contributed by atoms with Crippen molar-refractivity contribution in [3.05, 3.63) is 29.8 Å². The Labute approximate surface area is 166 Å². The van der Waals surface area contributed by atoms with Crippen molar-refractivity contribution >= 4 is 23.4 Å². The number of fused-ring (bicyclic) bond motifs is 1. The van der Waals surface area contributed by atoms with Crippen LogP contribution in [0.3, 0.4) is 0 Å². The number of carbonyl (C=O) groups excluding carboxylic acids is 3. The lowest BCUT2D eigenvalue weighted by Gasteiger charge is -2.33. The van der Waals surface area contributed by atoms with Crippen LogP contribution in [-0.2, 0) is 20.8 Å². The first-order valence-corrected chi connectivity index (χ1v) is 10.1. The van der Waals surface area contributed by atoms with Gasteiger partial charge >= 0.3 is 0 Å². The summed E-state index contributed by atoms with van der Waals surface area (Å²) in [6.07, 6.45) is 2.21. The maximum Gasteiger partial charge on any atom is 0.241 e. The SMILES string of the molecule is CC(C)[C@H](N)C(=O)NCC(=O)N1CCC(C(=O)N2CCc3ccccc32)CC1. The van der Waals surface area contributed by atoms with Crippen LogP contribution in [-0.4, -0.2) is 54.8 Å². The van der Waals surface area contributed by atoms with Gasteiger partial charge < -0.3 is 20.9 Å². The number of para-hydroxylation sites is 1. The molecular weight excluding hydrogens is 356 g/mol. The Morgan fingerprint density at radius 1 is 1.14 bits per heavy atom. The van der Waals surface area contributed by atoms with Crippen LogP contribution < -0.4 is 16.0 Å². The minimum atomic E-state index is -0.612. The zero-order valence-corrected chi connectivity index (χ0v) is 16.7. The van der Waals surface area contributed by atoms with Crippen molar-refractivity contribution in [2.24, 2.45) is 17.6 Å². The Morgan fingerprint density at radius 3 is 2.50 bits per heavy atom. The second kappa shape index (κ2) is 8.73. The molecule has 3 amide bonds. The van der Waals surface area contributed by atoms with Gasteiger partial charge in [0.15, 0.2) is 0 Å². The highest BCUT2D eigenvalue weighted by atomic mass is 16.2. The summed E-state index contributed by atoms with van der Waals surface area (Å²) in [4.78, 5) is 40.8. The van der Waals surface area contributed by atoms with Gasteiger partial charge in [-0.15, -0.1) is 0 Å². The molecule has 1 atom stereocenters. The van der Waals surface area contributed by atoms with Crippen molar-refractivity contribution < 1.29 is 14.4 Å². The average molecular weight is 386 g/mol. The van der Waals surface area contributed by atoms with Gasteiger partial charge in [0.25, 0.3) is 0 Å². The van der Waals surface area contributed by atoms with Crippen LogP contribution >= 0.6 is 0 Å². The Balaban J connectivity index is 1.47. The number of nitrogens with one attached hydrogen (secondary N) is 1. The van der Waals surface area contributed by atoms with Crippen LogP contribution in [0.15, 0.2) is 24.3 Å². The molecule has 1 saturated heterocycles. The fourth-order valence-electron chi connectivity index (χ4n) is 3.86. The zero-order valence-electron chi connectivity index (χ0n) is 16.7. The molecule has 0 unspecified atom stereocenters. The highest BCUT2D eigenvalue weighted by molar-refractivity contribution is 5.97. The molecule has 2 heterocycles. The van der Waals surface area contributed by atoms with E-state index < -0.39 is 6.04 Å². The van der Waals surface area contributed by atoms with E-state index in [2.05, 4.69) is 11.4 Å². The third-order valence-electron chi connectivity index (χ3n) is 5.78. The summed E-state index contributed by atoms with van der Waals surface area (Å²) in [5.74, 6) is -0.303. The molecule has 7 heteroatoms. The lowest BCUT2D eigenvalue weighted by Crippen LogP contribution is -2.50. The number of nitrogens with zero attached hydrogens (tertiary/aromatic N) is 2. The Kier molecular flexibility index (Phi) is 6.34. The van der Waals surface area contributed by atoms with Crippen molar-refractivity contribution in [2.75, 3.05) is 31.1 Å². The fourth-order valence-corrected chi connectivity index (χ4v) is 3.86. The van der Waals surface area contributed by atoms with Gasteiger partial charge in [-0.05, 0) is 36.8 Å². The van der Waals surface area contributed by atoms with Gasteiger partial charge in [0, 0.05) is 31.2 Å². The van der Waals surface area contributed by atoms with Crippen molar-refractivity contribution in [3.8, 4) is 0 Å². The number of likely N-dealkylation sites (tertiary alicyclic amines) is 1. The van der Waals surface area contributed by atoms with Gasteiger partial charge in [0.1, 0.15) is 0 Å². The molecular formula is C21H30N4O3. The molecule has 0 radical (unpaired) electrons. The minimum Gasteiger partial charge on any atom is -0.346 e. The summed E-state index contributed by atoms with van der Waals surface area (Å²) in [6, 6.07) is 7.43. The predicted molar refractivity (Wildman–Crippen MR) is 108 cm³/mol. The van der Waals surface area contributed by atoms with Crippen molar-refractivity contribution in [3.63, 3.8) is 0 Å². The zero-order chi connectivity index (χ0) is 20.3. The molecule has 3 N–H and O–H groups in total. The quantitative estimate of drug-likeness (QED) is 0.786. The first-order chi connectivity index (χ1) is 13.4. The van der Waals surface area contributed by atoms with E-state index in [4.69, 9.17) is 5.73 Å². The third kappa shape index (κ3) is 4.35. The highest BCUT2D eigenvalue weighted by Crippen LogP contribution is 2.30. The summed E-state index contributed by atoms with van der Waals surface area (Å²) < 4.78 is 0. The molecule has 1 fully saturated rings. The number of carbonyl (C=O) groups is 3. The van der Waals surface area contributed by atoms with E-state index >= 15 is 0 Å². The predicted octanol–water partition coefficient (Wildman–Crippen LogP) is 0.914. The maximum atomic E-state index is 12.9. The third-order valence-corrected chi connectivity index (χ3v) is 5.78. The normalized spacial score (nSPS) is 18.1. The molecule has 2 aliphatic heterocycles. The number of piperidine rings is 1. The van der Waals surface area contributed by atoms with E-state index in [-0.39, 0.29) is 36.1 Å². The highest BCUT2D eigenvalue weighted by Gasteiger charge is 2.33. The van der Waals surface area contributed by atoms with Gasteiger partial charge in [0.05, 0.1) is 12.6 Å². The van der Waals surface area contributed by atoms with Crippen molar-refractivity contribution in [1.82, 2.24) is 10.2 Å². The van der Waals surface area contributed by atoms with Crippen molar-refractivity contribution in [1.29, 1.82) is 0 Å². The van der Waals surface area contributed by atoms with E-state index in [1.165, 1.54) is 5.56 Å². The molecule has 0 saturated carbocycles. The number of anilines is 1. The first kappa shape index (κ1) is 20.3. The molecule has 3 rings (SSSR count). The second-order valence-corrected chi connectivity index (χ2v) is 8.01. The topological polar surface area (TPSA) is 95.7 Å². The monoisotopic (exact) mass is 386 g/mol. The maximum absolute atomic E-state index is 12.9. The lowest BCUT2D eigenvalue weighted by molar-refractivity contribution is -0.136. The first-order valence-electron chi connectivity index (χ1n) is 10.1. The molecule has 1 aromatic rings. The molecule has 2 aliphatic rings. The van der Waals surface area contributed by atoms with Crippen LogP contribution in [0.4, 0.5) is 5.69 Å². The average Bonchev–Trinajstić information content (AvgIpc) is 3.14.